The number of benzene rings is 1. The van der Waals surface area contributed by atoms with Crippen molar-refractivity contribution in [2.75, 3.05) is 18.0 Å². The molecular weight excluding hydrogens is 272 g/mol. The Morgan fingerprint density at radius 3 is 2.81 bits per heavy atom. The Labute approximate surface area is 123 Å². The van der Waals surface area contributed by atoms with Gasteiger partial charge in [0.05, 0.1) is 10.3 Å². The van der Waals surface area contributed by atoms with Crippen molar-refractivity contribution in [1.82, 2.24) is 0 Å². The minimum Gasteiger partial charge on any atom is -0.481 e. The summed E-state index contributed by atoms with van der Waals surface area (Å²) in [6, 6.07) is 6.52. The van der Waals surface area contributed by atoms with E-state index in [-0.39, 0.29) is 11.6 Å². The minimum absolute atomic E-state index is 0.0306. The van der Waals surface area contributed by atoms with Crippen LogP contribution in [0.25, 0.3) is 0 Å². The first-order valence-electron chi connectivity index (χ1n) is 7.05. The number of carboxylic acids is 1. The van der Waals surface area contributed by atoms with Crippen molar-refractivity contribution in [3.8, 4) is 0 Å². The number of nitrogens with zero attached hydrogens (tertiary/aromatic N) is 2. The minimum atomic E-state index is -0.798. The summed E-state index contributed by atoms with van der Waals surface area (Å²) in [6.45, 7) is 4.90. The van der Waals surface area contributed by atoms with Gasteiger partial charge < -0.3 is 10.0 Å². The van der Waals surface area contributed by atoms with Crippen LogP contribution in [0.15, 0.2) is 24.3 Å². The van der Waals surface area contributed by atoms with Gasteiger partial charge in [0.25, 0.3) is 5.69 Å². The Morgan fingerprint density at radius 2 is 2.19 bits per heavy atom. The van der Waals surface area contributed by atoms with Crippen LogP contribution in [0.4, 0.5) is 11.4 Å². The first kappa shape index (κ1) is 15.3. The van der Waals surface area contributed by atoms with Gasteiger partial charge in [0.15, 0.2) is 0 Å². The molecule has 21 heavy (non-hydrogen) atoms. The standard InChI is InChI=1S/C15H20N2O4/c1-15(2,14(18)19)11-5-4-8-16(10-11)12-6-3-7-13(9-12)17(20)21/h3,6-7,9,11H,4-5,8,10H2,1-2H3,(H,18,19). The van der Waals surface area contributed by atoms with E-state index in [2.05, 4.69) is 0 Å². The summed E-state index contributed by atoms with van der Waals surface area (Å²) in [6.07, 6.45) is 1.76. The largest absolute Gasteiger partial charge is 0.481 e. The van der Waals surface area contributed by atoms with Gasteiger partial charge in [0.2, 0.25) is 0 Å². The molecule has 0 saturated carbocycles. The SMILES string of the molecule is CC(C)(C(=O)O)C1CCCN(c2cccc([N+](=O)[O-])c2)C1. The summed E-state index contributed by atoms with van der Waals surface area (Å²) in [5.74, 6) is -0.767. The summed E-state index contributed by atoms with van der Waals surface area (Å²) in [5.41, 5.74) is 0.0570. The van der Waals surface area contributed by atoms with E-state index in [4.69, 9.17) is 0 Å². The predicted molar refractivity (Wildman–Crippen MR) is 79.5 cm³/mol. The Hall–Kier alpha value is -2.11. The van der Waals surface area contributed by atoms with Crippen LogP contribution in [0, 0.1) is 21.4 Å². The summed E-state index contributed by atoms with van der Waals surface area (Å²) < 4.78 is 0. The van der Waals surface area contributed by atoms with Crippen molar-refractivity contribution in [2.45, 2.75) is 26.7 Å². The number of anilines is 1. The summed E-state index contributed by atoms with van der Waals surface area (Å²) in [4.78, 5) is 23.9. The fourth-order valence-electron chi connectivity index (χ4n) is 2.78. The number of nitro groups is 1. The third-order valence-electron chi connectivity index (χ3n) is 4.40. The molecule has 1 aromatic carbocycles. The van der Waals surface area contributed by atoms with E-state index < -0.39 is 16.3 Å². The number of rotatable bonds is 4. The quantitative estimate of drug-likeness (QED) is 0.681. The van der Waals surface area contributed by atoms with E-state index in [1.807, 2.05) is 11.0 Å². The molecule has 1 aliphatic rings. The van der Waals surface area contributed by atoms with Crippen LogP contribution in [0.1, 0.15) is 26.7 Å². The van der Waals surface area contributed by atoms with Gasteiger partial charge in [-0.15, -0.1) is 0 Å². The Balaban J connectivity index is 2.20. The smallest absolute Gasteiger partial charge is 0.309 e. The first-order valence-corrected chi connectivity index (χ1v) is 7.05. The van der Waals surface area contributed by atoms with Gasteiger partial charge in [-0.05, 0) is 38.7 Å². The van der Waals surface area contributed by atoms with Crippen molar-refractivity contribution in [3.63, 3.8) is 0 Å². The molecule has 1 fully saturated rings. The van der Waals surface area contributed by atoms with Crippen LogP contribution in [0.5, 0.6) is 0 Å². The second kappa shape index (κ2) is 5.71. The number of carbonyl (C=O) groups is 1. The summed E-state index contributed by atoms with van der Waals surface area (Å²) >= 11 is 0. The molecule has 1 saturated heterocycles. The molecule has 1 atom stereocenters. The van der Waals surface area contributed by atoms with E-state index in [1.165, 1.54) is 6.07 Å². The Kier molecular flexibility index (Phi) is 4.16. The van der Waals surface area contributed by atoms with E-state index in [0.717, 1.165) is 25.1 Å². The number of piperidine rings is 1. The maximum absolute atomic E-state index is 11.4. The molecule has 114 valence electrons. The molecule has 0 amide bonds. The Bertz CT molecular complexity index is 556. The van der Waals surface area contributed by atoms with Crippen molar-refractivity contribution >= 4 is 17.3 Å². The second-order valence-electron chi connectivity index (χ2n) is 6.09. The van der Waals surface area contributed by atoms with Crippen LogP contribution in [-0.4, -0.2) is 29.1 Å². The van der Waals surface area contributed by atoms with E-state index in [0.29, 0.717) is 6.54 Å². The van der Waals surface area contributed by atoms with Gasteiger partial charge in [-0.1, -0.05) is 6.07 Å². The monoisotopic (exact) mass is 292 g/mol. The predicted octanol–water partition coefficient (Wildman–Crippen LogP) is 2.92. The number of carboxylic acid groups (broad SMARTS) is 1. The van der Waals surface area contributed by atoms with Crippen LogP contribution < -0.4 is 4.90 Å². The molecule has 0 radical (unpaired) electrons. The number of hydrogen-bond donors (Lipinski definition) is 1. The highest BCUT2D eigenvalue weighted by Gasteiger charge is 2.39. The van der Waals surface area contributed by atoms with E-state index in [1.54, 1.807) is 26.0 Å². The van der Waals surface area contributed by atoms with E-state index >= 15 is 0 Å². The zero-order chi connectivity index (χ0) is 15.6. The highest BCUT2D eigenvalue weighted by atomic mass is 16.6. The van der Waals surface area contributed by atoms with Gasteiger partial charge in [-0.3, -0.25) is 14.9 Å². The molecule has 0 bridgehead atoms. The zero-order valence-corrected chi connectivity index (χ0v) is 12.3. The van der Waals surface area contributed by atoms with Crippen LogP contribution in [0.2, 0.25) is 0 Å². The molecule has 1 unspecified atom stereocenters. The number of hydrogen-bond acceptors (Lipinski definition) is 4. The van der Waals surface area contributed by atoms with Crippen molar-refractivity contribution in [1.29, 1.82) is 0 Å². The van der Waals surface area contributed by atoms with Gasteiger partial charge in [-0.2, -0.15) is 0 Å². The molecule has 6 nitrogen and oxygen atoms in total. The molecule has 2 rings (SSSR count). The molecule has 0 aliphatic carbocycles. The fraction of sp³-hybridized carbons (Fsp3) is 0.533. The third kappa shape index (κ3) is 3.15. The molecule has 0 aromatic heterocycles. The number of non-ortho nitro benzene ring substituents is 1. The second-order valence-corrected chi connectivity index (χ2v) is 6.09. The number of aliphatic carboxylic acids is 1. The average Bonchev–Trinajstić information content (AvgIpc) is 2.47. The zero-order valence-electron chi connectivity index (χ0n) is 12.3. The Morgan fingerprint density at radius 1 is 1.48 bits per heavy atom. The van der Waals surface area contributed by atoms with Gasteiger partial charge >= 0.3 is 5.97 Å². The molecular formula is C15H20N2O4. The highest BCUT2D eigenvalue weighted by molar-refractivity contribution is 5.74. The van der Waals surface area contributed by atoms with Gasteiger partial charge in [0.1, 0.15) is 0 Å². The maximum Gasteiger partial charge on any atom is 0.309 e. The molecule has 1 heterocycles. The molecule has 1 N–H and O–H groups in total. The van der Waals surface area contributed by atoms with Crippen molar-refractivity contribution < 1.29 is 14.8 Å². The molecule has 6 heteroatoms. The van der Waals surface area contributed by atoms with Crippen LogP contribution in [0.3, 0.4) is 0 Å². The summed E-state index contributed by atoms with van der Waals surface area (Å²) in [5, 5.41) is 20.2. The lowest BCUT2D eigenvalue weighted by Gasteiger charge is -2.40. The highest BCUT2D eigenvalue weighted by Crippen LogP contribution is 2.36. The maximum atomic E-state index is 11.4. The van der Waals surface area contributed by atoms with Gasteiger partial charge in [-0.25, -0.2) is 0 Å². The third-order valence-corrected chi connectivity index (χ3v) is 4.40. The molecule has 0 spiro atoms. The topological polar surface area (TPSA) is 83.7 Å². The average molecular weight is 292 g/mol. The lowest BCUT2D eigenvalue weighted by atomic mass is 9.74. The lowest BCUT2D eigenvalue weighted by Crippen LogP contribution is -2.44. The van der Waals surface area contributed by atoms with E-state index in [9.17, 15) is 20.0 Å². The lowest BCUT2D eigenvalue weighted by molar-refractivity contribution is -0.384. The van der Waals surface area contributed by atoms with Crippen molar-refractivity contribution in [3.05, 3.63) is 34.4 Å². The number of nitro benzene ring substituents is 1. The fourth-order valence-corrected chi connectivity index (χ4v) is 2.78. The first-order chi connectivity index (χ1) is 9.82. The molecule has 1 aromatic rings. The van der Waals surface area contributed by atoms with Crippen LogP contribution in [-0.2, 0) is 4.79 Å². The van der Waals surface area contributed by atoms with Crippen LogP contribution >= 0.6 is 0 Å². The van der Waals surface area contributed by atoms with Gasteiger partial charge in [0, 0.05) is 30.9 Å². The summed E-state index contributed by atoms with van der Waals surface area (Å²) in [7, 11) is 0. The van der Waals surface area contributed by atoms with Crippen molar-refractivity contribution in [2.24, 2.45) is 11.3 Å². The normalized spacial score (nSPS) is 19.3. The molecule has 1 aliphatic heterocycles.